The predicted octanol–water partition coefficient (Wildman–Crippen LogP) is 16.7. The fourth-order valence-electron chi connectivity index (χ4n) is 9.02. The molecule has 2 aromatic heterocycles. The van der Waals surface area contributed by atoms with Crippen molar-refractivity contribution in [3.63, 3.8) is 0 Å². The van der Waals surface area contributed by atoms with Crippen LogP contribution in [0.2, 0.25) is 0 Å². The Labute approximate surface area is 345 Å². The quantitative estimate of drug-likeness (QED) is 0.167. The van der Waals surface area contributed by atoms with E-state index in [-0.39, 0.29) is 0 Å². The highest BCUT2D eigenvalue weighted by Crippen LogP contribution is 2.47. The van der Waals surface area contributed by atoms with E-state index in [1.54, 1.807) is 0 Å². The second-order valence-electron chi connectivity index (χ2n) is 15.2. The van der Waals surface area contributed by atoms with Gasteiger partial charge in [-0.15, -0.1) is 11.3 Å². The molecule has 0 radical (unpaired) electrons. The minimum atomic E-state index is 0.892. The Hall–Kier alpha value is -7.46. The predicted molar refractivity (Wildman–Crippen MR) is 253 cm³/mol. The third-order valence-corrected chi connectivity index (χ3v) is 13.1. The minimum Gasteiger partial charge on any atom is -0.455 e. The van der Waals surface area contributed by atoms with Gasteiger partial charge in [-0.2, -0.15) is 0 Å². The van der Waals surface area contributed by atoms with E-state index in [0.717, 1.165) is 61.1 Å². The highest BCUT2D eigenvalue weighted by atomic mass is 32.1. The highest BCUT2D eigenvalue weighted by Gasteiger charge is 2.22. The Bertz CT molecular complexity index is 3570. The molecule has 0 unspecified atom stereocenters. The molecule has 0 aliphatic carbocycles. The molecule has 0 saturated heterocycles. The van der Waals surface area contributed by atoms with Gasteiger partial charge in [0, 0.05) is 58.8 Å². The summed E-state index contributed by atoms with van der Waals surface area (Å²) >= 11 is 1.87. The summed E-state index contributed by atoms with van der Waals surface area (Å²) < 4.78 is 9.54. The summed E-state index contributed by atoms with van der Waals surface area (Å²) in [4.78, 5) is 2.40. The molecule has 0 atom stereocenters. The summed E-state index contributed by atoms with van der Waals surface area (Å²) in [6.07, 6.45) is 0. The fraction of sp³-hybridized carbons (Fsp3) is 0. The SMILES string of the molecule is c1cc(-c2ccc3ccccc3c2)cc(N(c2ccc(-c3cccc4c3sc3ccccc34)cc2)c2ccccc2-c2cccc3c2oc2c4ccccc4ccc32)c1. The van der Waals surface area contributed by atoms with Crippen LogP contribution >= 0.6 is 11.3 Å². The van der Waals surface area contributed by atoms with Gasteiger partial charge in [-0.3, -0.25) is 0 Å². The number of anilines is 3. The first-order valence-corrected chi connectivity index (χ1v) is 20.9. The van der Waals surface area contributed by atoms with Crippen LogP contribution in [0.4, 0.5) is 17.1 Å². The average molecular weight is 770 g/mol. The van der Waals surface area contributed by atoms with Crippen LogP contribution < -0.4 is 4.90 Å². The zero-order valence-corrected chi connectivity index (χ0v) is 32.8. The van der Waals surface area contributed by atoms with E-state index in [9.17, 15) is 0 Å². The van der Waals surface area contributed by atoms with Crippen molar-refractivity contribution in [1.82, 2.24) is 0 Å². The summed E-state index contributed by atoms with van der Waals surface area (Å²) in [6.45, 7) is 0. The number of hydrogen-bond acceptors (Lipinski definition) is 3. The van der Waals surface area contributed by atoms with Gasteiger partial charge < -0.3 is 9.32 Å². The van der Waals surface area contributed by atoms with E-state index in [4.69, 9.17) is 4.42 Å². The van der Waals surface area contributed by atoms with Crippen LogP contribution in [0.1, 0.15) is 0 Å². The molecule has 2 heterocycles. The molecule has 0 spiro atoms. The van der Waals surface area contributed by atoms with E-state index < -0.39 is 0 Å². The van der Waals surface area contributed by atoms with E-state index in [1.807, 2.05) is 11.3 Å². The number of hydrogen-bond donors (Lipinski definition) is 0. The van der Waals surface area contributed by atoms with Crippen LogP contribution in [-0.2, 0) is 0 Å². The first-order chi connectivity index (χ1) is 29.2. The summed E-state index contributed by atoms with van der Waals surface area (Å²) in [5.41, 5.74) is 12.0. The number of rotatable bonds is 6. The zero-order valence-electron chi connectivity index (χ0n) is 32.0. The van der Waals surface area contributed by atoms with Gasteiger partial charge in [-0.25, -0.2) is 0 Å². The van der Waals surface area contributed by atoms with Gasteiger partial charge >= 0.3 is 0 Å². The number of benzene rings is 10. The second kappa shape index (κ2) is 13.6. The van der Waals surface area contributed by atoms with Crippen LogP contribution in [0, 0.1) is 0 Å². The number of fused-ring (bicyclic) bond motifs is 9. The lowest BCUT2D eigenvalue weighted by Gasteiger charge is -2.28. The van der Waals surface area contributed by atoms with Crippen molar-refractivity contribution in [3.05, 3.63) is 212 Å². The fourth-order valence-corrected chi connectivity index (χ4v) is 10.3. The lowest BCUT2D eigenvalue weighted by atomic mass is 9.97. The normalized spacial score (nSPS) is 11.7. The van der Waals surface area contributed by atoms with Crippen molar-refractivity contribution in [2.45, 2.75) is 0 Å². The zero-order chi connectivity index (χ0) is 38.9. The molecule has 0 aliphatic heterocycles. The van der Waals surface area contributed by atoms with Crippen LogP contribution in [0.15, 0.2) is 217 Å². The number of thiophene rings is 1. The molecule has 59 heavy (non-hydrogen) atoms. The molecule has 3 heteroatoms. The molecular formula is C56H35NOS. The van der Waals surface area contributed by atoms with Crippen molar-refractivity contribution < 1.29 is 4.42 Å². The molecule has 0 fully saturated rings. The van der Waals surface area contributed by atoms with Gasteiger partial charge in [-0.1, -0.05) is 164 Å². The van der Waals surface area contributed by atoms with Crippen molar-refractivity contribution in [3.8, 4) is 33.4 Å². The summed E-state index contributed by atoms with van der Waals surface area (Å²) in [7, 11) is 0. The van der Waals surface area contributed by atoms with Crippen molar-refractivity contribution in [1.29, 1.82) is 0 Å². The molecule has 0 amide bonds. The smallest absolute Gasteiger partial charge is 0.143 e. The van der Waals surface area contributed by atoms with Gasteiger partial charge in [0.25, 0.3) is 0 Å². The molecule has 12 rings (SSSR count). The Morgan fingerprint density at radius 3 is 1.86 bits per heavy atom. The van der Waals surface area contributed by atoms with Crippen molar-refractivity contribution in [2.24, 2.45) is 0 Å². The lowest BCUT2D eigenvalue weighted by Crippen LogP contribution is -2.11. The van der Waals surface area contributed by atoms with Crippen LogP contribution in [0.3, 0.4) is 0 Å². The maximum atomic E-state index is 6.91. The Morgan fingerprint density at radius 2 is 0.966 bits per heavy atom. The Morgan fingerprint density at radius 1 is 0.339 bits per heavy atom. The van der Waals surface area contributed by atoms with E-state index >= 15 is 0 Å². The van der Waals surface area contributed by atoms with Crippen LogP contribution in [0.25, 0.3) is 97.0 Å². The molecule has 0 N–H and O–H groups in total. The van der Waals surface area contributed by atoms with Gasteiger partial charge in [0.2, 0.25) is 0 Å². The lowest BCUT2D eigenvalue weighted by molar-refractivity contribution is 0.674. The standard InChI is InChI=1S/C56H35NOS/c1-2-14-39-34-41(27-26-36(39)12-1)40-15-9-16-43(35-40)57(42-31-28-38(29-32-42)45-20-10-23-51-47-19-6-8-25-53(47)59-56(45)51)52-24-7-5-18-46(52)48-21-11-22-49-50-33-30-37-13-3-4-17-44(37)54(50)58-55(48)49/h1-35H. The molecule has 10 aromatic carbocycles. The number of para-hydroxylation sites is 2. The molecule has 2 nitrogen and oxygen atoms in total. The van der Waals surface area contributed by atoms with Gasteiger partial charge in [0.15, 0.2) is 0 Å². The Balaban J connectivity index is 1.05. The van der Waals surface area contributed by atoms with E-state index in [2.05, 4.69) is 217 Å². The summed E-state index contributed by atoms with van der Waals surface area (Å²) in [6, 6.07) is 76.9. The Kier molecular flexibility index (Phi) is 7.75. The van der Waals surface area contributed by atoms with Gasteiger partial charge in [0.1, 0.15) is 11.2 Å². The molecule has 0 saturated carbocycles. The molecular weight excluding hydrogens is 735 g/mol. The van der Waals surface area contributed by atoms with Crippen LogP contribution in [0.5, 0.6) is 0 Å². The minimum absolute atomic E-state index is 0.892. The molecule has 276 valence electrons. The second-order valence-corrected chi connectivity index (χ2v) is 16.3. The summed E-state index contributed by atoms with van der Waals surface area (Å²) in [5.74, 6) is 0. The maximum Gasteiger partial charge on any atom is 0.143 e. The molecule has 12 aromatic rings. The number of nitrogens with zero attached hydrogens (tertiary/aromatic N) is 1. The first-order valence-electron chi connectivity index (χ1n) is 20.1. The van der Waals surface area contributed by atoms with E-state index in [1.165, 1.54) is 53.0 Å². The van der Waals surface area contributed by atoms with Crippen molar-refractivity contribution >= 4 is 92.1 Å². The van der Waals surface area contributed by atoms with Gasteiger partial charge in [0.05, 0.1) is 5.69 Å². The van der Waals surface area contributed by atoms with Crippen LogP contribution in [-0.4, -0.2) is 0 Å². The van der Waals surface area contributed by atoms with E-state index in [0.29, 0.717) is 0 Å². The highest BCUT2D eigenvalue weighted by molar-refractivity contribution is 7.26. The molecule has 0 aliphatic rings. The monoisotopic (exact) mass is 769 g/mol. The summed E-state index contributed by atoms with van der Waals surface area (Å²) in [5, 5.41) is 9.62. The third kappa shape index (κ3) is 5.55. The van der Waals surface area contributed by atoms with Gasteiger partial charge in [-0.05, 0) is 86.9 Å². The topological polar surface area (TPSA) is 16.4 Å². The largest absolute Gasteiger partial charge is 0.455 e. The average Bonchev–Trinajstić information content (AvgIpc) is 3.89. The molecule has 0 bridgehead atoms. The third-order valence-electron chi connectivity index (χ3n) is 11.9. The number of furan rings is 1. The first kappa shape index (κ1) is 33.7. The maximum absolute atomic E-state index is 6.91. The van der Waals surface area contributed by atoms with Crippen molar-refractivity contribution in [2.75, 3.05) is 4.90 Å².